The van der Waals surface area contributed by atoms with Crippen molar-refractivity contribution in [3.63, 3.8) is 0 Å². The number of hydrogen-bond acceptors (Lipinski definition) is 4. The summed E-state index contributed by atoms with van der Waals surface area (Å²) in [5.74, 6) is -3.30. The molecule has 1 saturated heterocycles. The summed E-state index contributed by atoms with van der Waals surface area (Å²) in [6.45, 7) is 4.05. The zero-order valence-corrected chi connectivity index (χ0v) is 17.2. The van der Waals surface area contributed by atoms with E-state index in [1.807, 2.05) is 0 Å². The van der Waals surface area contributed by atoms with E-state index in [1.165, 1.54) is 38.4 Å². The lowest BCUT2D eigenvalue weighted by atomic mass is 10.1. The van der Waals surface area contributed by atoms with E-state index in [4.69, 9.17) is 9.90 Å². The Morgan fingerprint density at radius 1 is 1.13 bits per heavy atom. The number of amides is 1. The van der Waals surface area contributed by atoms with Crippen molar-refractivity contribution >= 4 is 22.8 Å². The van der Waals surface area contributed by atoms with E-state index in [1.54, 1.807) is 36.2 Å². The van der Waals surface area contributed by atoms with Crippen LogP contribution in [-0.4, -0.2) is 71.2 Å². The van der Waals surface area contributed by atoms with E-state index >= 15 is 0 Å². The maximum Gasteiger partial charge on any atom is 0.490 e. The van der Waals surface area contributed by atoms with E-state index < -0.39 is 18.0 Å². The number of carboxylic acids is 1. The third-order valence-corrected chi connectivity index (χ3v) is 4.90. The number of aromatic nitrogens is 1. The highest BCUT2D eigenvalue weighted by Gasteiger charge is 2.38. The minimum atomic E-state index is -5.08. The Bertz CT molecular complexity index is 899. The largest absolute Gasteiger partial charge is 0.490 e. The zero-order chi connectivity index (χ0) is 23.0. The molecule has 1 aromatic heterocycles. The molecule has 170 valence electrons. The molecule has 1 N–H and O–H groups in total. The number of pyridine rings is 1. The van der Waals surface area contributed by atoms with Crippen molar-refractivity contribution in [1.82, 2.24) is 14.8 Å². The predicted octanol–water partition coefficient (Wildman–Crippen LogP) is 3.96. The molecule has 1 aliphatic heterocycles. The number of para-hydroxylation sites is 1. The number of carbonyl (C=O) groups is 2. The number of carbonyl (C=O) groups excluding carboxylic acids is 1. The monoisotopic (exact) mass is 443 g/mol. The van der Waals surface area contributed by atoms with Gasteiger partial charge in [-0.3, -0.25) is 4.79 Å². The van der Waals surface area contributed by atoms with Gasteiger partial charge in [0.2, 0.25) is 0 Å². The molecular weight excluding hydrogens is 418 g/mol. The first-order valence-electron chi connectivity index (χ1n) is 9.93. The van der Waals surface area contributed by atoms with Crippen molar-refractivity contribution in [3.8, 4) is 0 Å². The fourth-order valence-corrected chi connectivity index (χ4v) is 3.24. The third-order valence-electron chi connectivity index (χ3n) is 4.90. The molecule has 0 atom stereocenters. The fourth-order valence-electron chi connectivity index (χ4n) is 3.24. The van der Waals surface area contributed by atoms with Gasteiger partial charge in [0.15, 0.2) is 0 Å². The number of benzene rings is 1. The topological polar surface area (TPSA) is 73.7 Å². The Kier molecular flexibility index (Phi) is 8.73. The lowest BCUT2D eigenvalue weighted by Crippen LogP contribution is -2.34. The quantitative estimate of drug-likeness (QED) is 0.709. The maximum absolute atomic E-state index is 13.8. The van der Waals surface area contributed by atoms with Gasteiger partial charge in [-0.25, -0.2) is 14.2 Å². The van der Waals surface area contributed by atoms with Crippen molar-refractivity contribution in [2.75, 3.05) is 33.2 Å². The van der Waals surface area contributed by atoms with Gasteiger partial charge in [0, 0.05) is 19.0 Å². The summed E-state index contributed by atoms with van der Waals surface area (Å²) in [4.78, 5) is 29.8. The van der Waals surface area contributed by atoms with Crippen molar-refractivity contribution in [3.05, 3.63) is 41.8 Å². The SMILES string of the molecule is CN(CCCN1CCCCC1)C(=O)c1ccc2cccc(F)c2n1.O=C(O)C(F)(F)F. The molecule has 2 heterocycles. The number of halogens is 4. The van der Waals surface area contributed by atoms with Crippen LogP contribution in [0.15, 0.2) is 30.3 Å². The van der Waals surface area contributed by atoms with E-state index in [-0.39, 0.29) is 11.4 Å². The zero-order valence-electron chi connectivity index (χ0n) is 17.2. The summed E-state index contributed by atoms with van der Waals surface area (Å²) >= 11 is 0. The molecule has 0 bridgehead atoms. The summed E-state index contributed by atoms with van der Waals surface area (Å²) in [7, 11) is 1.78. The number of rotatable bonds is 5. The molecule has 1 fully saturated rings. The van der Waals surface area contributed by atoms with Crippen molar-refractivity contribution in [1.29, 1.82) is 0 Å². The van der Waals surface area contributed by atoms with Crippen LogP contribution in [0.4, 0.5) is 17.6 Å². The normalized spacial score (nSPS) is 14.6. The number of fused-ring (bicyclic) bond motifs is 1. The lowest BCUT2D eigenvalue weighted by molar-refractivity contribution is -0.192. The van der Waals surface area contributed by atoms with E-state index in [9.17, 15) is 22.4 Å². The third kappa shape index (κ3) is 7.46. The number of aliphatic carboxylic acids is 1. The smallest absolute Gasteiger partial charge is 0.475 e. The Hall–Kier alpha value is -2.75. The molecule has 3 rings (SSSR count). The summed E-state index contributed by atoms with van der Waals surface area (Å²) in [5, 5.41) is 7.83. The van der Waals surface area contributed by atoms with Gasteiger partial charge in [-0.1, -0.05) is 24.6 Å². The fraction of sp³-hybridized carbons (Fsp3) is 0.476. The van der Waals surface area contributed by atoms with Crippen molar-refractivity contribution in [2.45, 2.75) is 31.9 Å². The van der Waals surface area contributed by atoms with Crippen LogP contribution in [0.1, 0.15) is 36.2 Å². The Labute approximate surface area is 177 Å². The lowest BCUT2D eigenvalue weighted by Gasteiger charge is -2.27. The molecule has 10 heteroatoms. The molecule has 0 unspecified atom stereocenters. The van der Waals surface area contributed by atoms with Gasteiger partial charge in [-0.05, 0) is 51.0 Å². The molecule has 0 aliphatic carbocycles. The molecule has 6 nitrogen and oxygen atoms in total. The Balaban J connectivity index is 0.000000423. The molecule has 1 amide bonds. The highest BCUT2D eigenvalue weighted by molar-refractivity contribution is 5.94. The van der Waals surface area contributed by atoms with Crippen molar-refractivity contribution in [2.24, 2.45) is 0 Å². The van der Waals surface area contributed by atoms with Crippen LogP contribution in [0.2, 0.25) is 0 Å². The van der Waals surface area contributed by atoms with Gasteiger partial charge in [0.1, 0.15) is 17.0 Å². The van der Waals surface area contributed by atoms with Crippen LogP contribution in [-0.2, 0) is 4.79 Å². The maximum atomic E-state index is 13.8. The number of nitrogens with zero attached hydrogens (tertiary/aromatic N) is 3. The molecular formula is C21H25F4N3O3. The highest BCUT2D eigenvalue weighted by Crippen LogP contribution is 2.17. The van der Waals surface area contributed by atoms with Gasteiger partial charge in [0.05, 0.1) is 0 Å². The number of likely N-dealkylation sites (tertiary alicyclic amines) is 1. The van der Waals surface area contributed by atoms with Gasteiger partial charge in [0.25, 0.3) is 5.91 Å². The molecule has 31 heavy (non-hydrogen) atoms. The number of carboxylic acid groups (broad SMARTS) is 1. The summed E-state index contributed by atoms with van der Waals surface area (Å²) in [6, 6.07) is 8.23. The van der Waals surface area contributed by atoms with Crippen LogP contribution in [0.25, 0.3) is 10.9 Å². The van der Waals surface area contributed by atoms with Crippen molar-refractivity contribution < 1.29 is 32.3 Å². The van der Waals surface area contributed by atoms with E-state index in [2.05, 4.69) is 9.88 Å². The first kappa shape index (κ1) is 24.5. The first-order valence-corrected chi connectivity index (χ1v) is 9.93. The number of piperidine rings is 1. The van der Waals surface area contributed by atoms with E-state index in [0.29, 0.717) is 17.6 Å². The van der Waals surface area contributed by atoms with Gasteiger partial charge >= 0.3 is 12.1 Å². The molecule has 0 radical (unpaired) electrons. The standard InChI is InChI=1S/C19H24FN3O.C2HF3O2/c1-22(11-6-14-23-12-3-2-4-13-23)19(24)17-10-9-15-7-5-8-16(20)18(15)21-17;3-2(4,5)1(6)7/h5,7-10H,2-4,6,11-14H2,1H3;(H,6,7). The summed E-state index contributed by atoms with van der Waals surface area (Å²) in [6.07, 6.45) is -0.244. The molecule has 1 aliphatic rings. The second-order valence-electron chi connectivity index (χ2n) is 7.29. The Morgan fingerprint density at radius 2 is 1.77 bits per heavy atom. The molecule has 1 aromatic carbocycles. The van der Waals surface area contributed by atoms with E-state index in [0.717, 1.165) is 13.0 Å². The van der Waals surface area contributed by atoms with Gasteiger partial charge in [-0.2, -0.15) is 13.2 Å². The van der Waals surface area contributed by atoms with Crippen LogP contribution in [0, 0.1) is 5.82 Å². The average Bonchev–Trinajstić information content (AvgIpc) is 2.74. The summed E-state index contributed by atoms with van der Waals surface area (Å²) < 4.78 is 45.6. The first-order chi connectivity index (χ1) is 14.6. The van der Waals surface area contributed by atoms with Crippen LogP contribution >= 0.6 is 0 Å². The second-order valence-corrected chi connectivity index (χ2v) is 7.29. The van der Waals surface area contributed by atoms with Crippen LogP contribution in [0.5, 0.6) is 0 Å². The summed E-state index contributed by atoms with van der Waals surface area (Å²) in [5.41, 5.74) is 0.554. The molecule has 2 aromatic rings. The van der Waals surface area contributed by atoms with Gasteiger partial charge in [-0.15, -0.1) is 0 Å². The highest BCUT2D eigenvalue weighted by atomic mass is 19.4. The molecule has 0 saturated carbocycles. The Morgan fingerprint density at radius 3 is 2.39 bits per heavy atom. The molecule has 0 spiro atoms. The van der Waals surface area contributed by atoms with Gasteiger partial charge < -0.3 is 14.9 Å². The minimum absolute atomic E-state index is 0.154. The number of hydrogen-bond donors (Lipinski definition) is 1. The minimum Gasteiger partial charge on any atom is -0.475 e. The van der Waals surface area contributed by atoms with Crippen LogP contribution in [0.3, 0.4) is 0 Å². The predicted molar refractivity (Wildman–Crippen MR) is 107 cm³/mol. The second kappa shape index (κ2) is 11.0. The average molecular weight is 443 g/mol. The van der Waals surface area contributed by atoms with Crippen LogP contribution < -0.4 is 0 Å². The number of alkyl halides is 3.